The summed E-state index contributed by atoms with van der Waals surface area (Å²) in [5, 5.41) is 2.83. The molecule has 0 saturated carbocycles. The van der Waals surface area contributed by atoms with Gasteiger partial charge in [0.25, 0.3) is 5.91 Å². The molecule has 86 valence electrons. The number of carbonyl (C=O) groups excluding carboxylic acids is 1. The Morgan fingerprint density at radius 3 is 2.71 bits per heavy atom. The van der Waals surface area contributed by atoms with Crippen molar-refractivity contribution in [1.82, 2.24) is 15.0 Å². The maximum Gasteiger partial charge on any atom is 0.261 e. The smallest absolute Gasteiger partial charge is 0.261 e. The number of rotatable bonds is 2. The highest BCUT2D eigenvalue weighted by atomic mass is 35.5. The average Bonchev–Trinajstić information content (AvgIpc) is 2.29. The number of hydrogen-bond acceptors (Lipinski definition) is 4. The molecule has 5 nitrogen and oxygen atoms in total. The zero-order valence-corrected chi connectivity index (χ0v) is 9.90. The second-order valence-corrected chi connectivity index (χ2v) is 3.74. The molecular weight excluding hydrogens is 263 g/mol. The Morgan fingerprint density at radius 2 is 2.00 bits per heavy atom. The molecule has 2 heterocycles. The predicted molar refractivity (Wildman–Crippen MR) is 64.2 cm³/mol. The van der Waals surface area contributed by atoms with E-state index in [1.165, 1.54) is 18.5 Å². The van der Waals surface area contributed by atoms with Crippen molar-refractivity contribution in [2.24, 2.45) is 0 Å². The van der Waals surface area contributed by atoms with E-state index in [2.05, 4.69) is 20.3 Å². The average molecular weight is 269 g/mol. The second kappa shape index (κ2) is 5.07. The normalized spacial score (nSPS) is 10.0. The Bertz CT molecular complexity index is 562. The fourth-order valence-corrected chi connectivity index (χ4v) is 1.46. The molecule has 1 N–H and O–H groups in total. The Balaban J connectivity index is 2.20. The number of pyridine rings is 1. The topological polar surface area (TPSA) is 67.8 Å². The minimum atomic E-state index is -0.439. The van der Waals surface area contributed by atoms with Crippen LogP contribution in [0.3, 0.4) is 0 Å². The Hall–Kier alpha value is -1.72. The molecule has 2 rings (SSSR count). The largest absolute Gasteiger partial charge is 0.290 e. The van der Waals surface area contributed by atoms with Gasteiger partial charge in [-0.25, -0.2) is 15.0 Å². The first kappa shape index (κ1) is 11.8. The van der Waals surface area contributed by atoms with Crippen LogP contribution in [0, 0.1) is 0 Å². The zero-order valence-electron chi connectivity index (χ0n) is 8.39. The molecule has 0 saturated heterocycles. The first-order valence-electron chi connectivity index (χ1n) is 4.57. The summed E-state index contributed by atoms with van der Waals surface area (Å²) in [6, 6.07) is 4.67. The number of halogens is 2. The van der Waals surface area contributed by atoms with Crippen molar-refractivity contribution >= 4 is 35.1 Å². The molecule has 0 fully saturated rings. The van der Waals surface area contributed by atoms with Crippen LogP contribution in [0.5, 0.6) is 0 Å². The molecular formula is C10H6Cl2N4O. The molecule has 0 aliphatic heterocycles. The van der Waals surface area contributed by atoms with Gasteiger partial charge in [0.2, 0.25) is 5.95 Å². The predicted octanol–water partition coefficient (Wildman–Crippen LogP) is 2.43. The van der Waals surface area contributed by atoms with Crippen LogP contribution >= 0.6 is 23.2 Å². The van der Waals surface area contributed by atoms with E-state index in [-0.39, 0.29) is 21.8 Å². The van der Waals surface area contributed by atoms with Crippen molar-refractivity contribution in [2.45, 2.75) is 0 Å². The summed E-state index contributed by atoms with van der Waals surface area (Å²) in [7, 11) is 0. The number of carbonyl (C=O) groups is 1. The summed E-state index contributed by atoms with van der Waals surface area (Å²) in [6.07, 6.45) is 2.94. The number of nitrogens with one attached hydrogen (secondary N) is 1. The molecule has 0 aliphatic carbocycles. The van der Waals surface area contributed by atoms with Crippen LogP contribution in [0.15, 0.2) is 30.6 Å². The van der Waals surface area contributed by atoms with Gasteiger partial charge in [0.1, 0.15) is 10.3 Å². The third-order valence-corrected chi connectivity index (χ3v) is 2.36. The summed E-state index contributed by atoms with van der Waals surface area (Å²) in [5.41, 5.74) is 0.248. The lowest BCUT2D eigenvalue weighted by Gasteiger charge is -2.04. The molecule has 0 unspecified atom stereocenters. The Kier molecular flexibility index (Phi) is 3.51. The summed E-state index contributed by atoms with van der Waals surface area (Å²) in [5.74, 6) is -0.326. The van der Waals surface area contributed by atoms with Crippen LogP contribution in [-0.2, 0) is 0 Å². The standard InChI is InChI=1S/C10H6Cl2N4O/c11-7-3-5-14-10(15-7)16-9(17)6-2-1-4-13-8(6)12/h1-5H,(H,14,15,16,17). The maximum absolute atomic E-state index is 11.8. The van der Waals surface area contributed by atoms with E-state index < -0.39 is 5.91 Å². The highest BCUT2D eigenvalue weighted by Gasteiger charge is 2.11. The molecule has 0 aromatic carbocycles. The highest BCUT2D eigenvalue weighted by molar-refractivity contribution is 6.33. The van der Waals surface area contributed by atoms with E-state index in [1.807, 2.05) is 0 Å². The molecule has 0 radical (unpaired) electrons. The van der Waals surface area contributed by atoms with E-state index in [0.29, 0.717) is 0 Å². The number of hydrogen-bond donors (Lipinski definition) is 1. The molecule has 2 aromatic heterocycles. The zero-order chi connectivity index (χ0) is 12.3. The number of nitrogens with zero attached hydrogens (tertiary/aromatic N) is 3. The van der Waals surface area contributed by atoms with Gasteiger partial charge in [-0.1, -0.05) is 23.2 Å². The molecule has 0 spiro atoms. The fraction of sp³-hybridized carbons (Fsp3) is 0. The lowest BCUT2D eigenvalue weighted by Crippen LogP contribution is -2.14. The van der Waals surface area contributed by atoms with Crippen LogP contribution in [0.1, 0.15) is 10.4 Å². The lowest BCUT2D eigenvalue weighted by atomic mass is 10.3. The highest BCUT2D eigenvalue weighted by Crippen LogP contribution is 2.13. The van der Waals surface area contributed by atoms with E-state index in [9.17, 15) is 4.79 Å². The van der Waals surface area contributed by atoms with Gasteiger partial charge < -0.3 is 0 Å². The van der Waals surface area contributed by atoms with Gasteiger partial charge in [0.15, 0.2) is 0 Å². The Morgan fingerprint density at radius 1 is 1.18 bits per heavy atom. The van der Waals surface area contributed by atoms with E-state index in [4.69, 9.17) is 23.2 Å². The monoisotopic (exact) mass is 268 g/mol. The third kappa shape index (κ3) is 2.89. The van der Waals surface area contributed by atoms with Gasteiger partial charge in [-0.3, -0.25) is 10.1 Å². The molecule has 1 amide bonds. The van der Waals surface area contributed by atoms with Crippen molar-refractivity contribution < 1.29 is 4.79 Å². The van der Waals surface area contributed by atoms with E-state index in [0.717, 1.165) is 0 Å². The van der Waals surface area contributed by atoms with Gasteiger partial charge in [0, 0.05) is 12.4 Å². The van der Waals surface area contributed by atoms with Crippen molar-refractivity contribution in [3.05, 3.63) is 46.5 Å². The van der Waals surface area contributed by atoms with Gasteiger partial charge in [-0.05, 0) is 18.2 Å². The van der Waals surface area contributed by atoms with Gasteiger partial charge >= 0.3 is 0 Å². The van der Waals surface area contributed by atoms with Crippen LogP contribution in [0.25, 0.3) is 0 Å². The van der Waals surface area contributed by atoms with Crippen LogP contribution in [0.4, 0.5) is 5.95 Å². The van der Waals surface area contributed by atoms with Crippen molar-refractivity contribution in [3.63, 3.8) is 0 Å². The van der Waals surface area contributed by atoms with E-state index >= 15 is 0 Å². The minimum Gasteiger partial charge on any atom is -0.290 e. The van der Waals surface area contributed by atoms with Gasteiger partial charge in [-0.15, -0.1) is 0 Å². The summed E-state index contributed by atoms with van der Waals surface area (Å²) in [4.78, 5) is 23.3. The van der Waals surface area contributed by atoms with Crippen molar-refractivity contribution in [2.75, 3.05) is 5.32 Å². The van der Waals surface area contributed by atoms with Crippen LogP contribution in [0.2, 0.25) is 10.3 Å². The molecule has 0 bridgehead atoms. The third-order valence-electron chi connectivity index (χ3n) is 1.85. The van der Waals surface area contributed by atoms with Gasteiger partial charge in [-0.2, -0.15) is 0 Å². The SMILES string of the molecule is O=C(Nc1nccc(Cl)n1)c1cccnc1Cl. The number of anilines is 1. The minimum absolute atomic E-state index is 0.113. The lowest BCUT2D eigenvalue weighted by molar-refractivity contribution is 0.102. The second-order valence-electron chi connectivity index (χ2n) is 3.00. The fourth-order valence-electron chi connectivity index (χ4n) is 1.12. The van der Waals surface area contributed by atoms with Crippen molar-refractivity contribution in [3.8, 4) is 0 Å². The molecule has 7 heteroatoms. The maximum atomic E-state index is 11.8. The first-order chi connectivity index (χ1) is 8.16. The first-order valence-corrected chi connectivity index (χ1v) is 5.33. The van der Waals surface area contributed by atoms with Crippen LogP contribution < -0.4 is 5.32 Å². The number of amides is 1. The molecule has 2 aromatic rings. The van der Waals surface area contributed by atoms with Gasteiger partial charge in [0.05, 0.1) is 5.56 Å². The summed E-state index contributed by atoms with van der Waals surface area (Å²) >= 11 is 11.4. The quantitative estimate of drug-likeness (QED) is 0.671. The molecule has 0 atom stereocenters. The summed E-state index contributed by atoms with van der Waals surface area (Å²) < 4.78 is 0. The molecule has 0 aliphatic rings. The Labute approximate surface area is 107 Å². The van der Waals surface area contributed by atoms with Crippen molar-refractivity contribution in [1.29, 1.82) is 0 Å². The molecule has 17 heavy (non-hydrogen) atoms. The summed E-state index contributed by atoms with van der Waals surface area (Å²) in [6.45, 7) is 0. The number of aromatic nitrogens is 3. The van der Waals surface area contributed by atoms with Crippen LogP contribution in [-0.4, -0.2) is 20.9 Å². The van der Waals surface area contributed by atoms with E-state index in [1.54, 1.807) is 12.1 Å².